The summed E-state index contributed by atoms with van der Waals surface area (Å²) < 4.78 is 15.6. The summed E-state index contributed by atoms with van der Waals surface area (Å²) >= 11 is 0. The lowest BCUT2D eigenvalue weighted by molar-refractivity contribution is -0.120. The fraction of sp³-hybridized carbons (Fsp3) is 0.400. The van der Waals surface area contributed by atoms with Crippen LogP contribution < -0.4 is 14.8 Å². The van der Waals surface area contributed by atoms with Crippen LogP contribution in [0.1, 0.15) is 18.7 Å². The maximum absolute atomic E-state index is 11.2. The highest BCUT2D eigenvalue weighted by atomic mass is 16.5. The van der Waals surface area contributed by atoms with Crippen LogP contribution in [0.3, 0.4) is 0 Å². The molecule has 0 aliphatic carbocycles. The van der Waals surface area contributed by atoms with Gasteiger partial charge in [-0.05, 0) is 24.6 Å². The number of aromatic nitrogens is 2. The summed E-state index contributed by atoms with van der Waals surface area (Å²) in [6.07, 6.45) is 1.66. The maximum Gasteiger partial charge on any atom is 0.226 e. The number of nitrogens with one attached hydrogen (secondary N) is 1. The predicted octanol–water partition coefficient (Wildman–Crippen LogP) is 1.82. The van der Waals surface area contributed by atoms with Crippen molar-refractivity contribution in [2.24, 2.45) is 0 Å². The number of carbonyl (C=O) groups excluding carboxylic acids is 1. The average molecular weight is 305 g/mol. The zero-order valence-electron chi connectivity index (χ0n) is 12.9. The molecule has 1 N–H and O–H groups in total. The minimum absolute atomic E-state index is 0.000343. The minimum Gasteiger partial charge on any atom is -0.493 e. The molecule has 2 rings (SSSR count). The van der Waals surface area contributed by atoms with Crippen LogP contribution in [0.4, 0.5) is 0 Å². The highest BCUT2D eigenvalue weighted by Gasteiger charge is 2.12. The van der Waals surface area contributed by atoms with E-state index in [1.54, 1.807) is 33.4 Å². The Morgan fingerprint density at radius 2 is 2.05 bits per heavy atom. The zero-order chi connectivity index (χ0) is 15.9. The van der Waals surface area contributed by atoms with Gasteiger partial charge in [-0.3, -0.25) is 4.79 Å². The normalized spacial score (nSPS) is 10.3. The lowest BCUT2D eigenvalue weighted by atomic mass is 10.2. The third kappa shape index (κ3) is 3.75. The van der Waals surface area contributed by atoms with Gasteiger partial charge < -0.3 is 19.3 Å². The molecule has 22 heavy (non-hydrogen) atoms. The van der Waals surface area contributed by atoms with E-state index in [2.05, 4.69) is 15.5 Å². The van der Waals surface area contributed by atoms with E-state index in [-0.39, 0.29) is 5.91 Å². The topological polar surface area (TPSA) is 86.5 Å². The number of hydrogen-bond donors (Lipinski definition) is 1. The summed E-state index contributed by atoms with van der Waals surface area (Å²) in [5.41, 5.74) is 0.777. The molecule has 2 aromatic rings. The lowest BCUT2D eigenvalue weighted by Gasteiger charge is -2.07. The molecule has 118 valence electrons. The molecular weight excluding hydrogens is 286 g/mol. The number of amides is 1. The minimum atomic E-state index is -0.000343. The average Bonchev–Trinajstić information content (AvgIpc) is 3.02. The van der Waals surface area contributed by atoms with Crippen LogP contribution >= 0.6 is 0 Å². The molecule has 1 aromatic carbocycles. The van der Waals surface area contributed by atoms with Crippen molar-refractivity contribution < 1.29 is 18.8 Å². The van der Waals surface area contributed by atoms with E-state index in [9.17, 15) is 4.79 Å². The first-order valence-electron chi connectivity index (χ1n) is 6.93. The van der Waals surface area contributed by atoms with E-state index in [1.807, 2.05) is 6.07 Å². The Kier molecular flexibility index (Phi) is 5.35. The van der Waals surface area contributed by atoms with Crippen molar-refractivity contribution in [3.63, 3.8) is 0 Å². The van der Waals surface area contributed by atoms with Crippen LogP contribution in [0, 0.1) is 0 Å². The highest BCUT2D eigenvalue weighted by molar-refractivity contribution is 5.75. The molecule has 1 heterocycles. The first kappa shape index (κ1) is 15.8. The van der Waals surface area contributed by atoms with Gasteiger partial charge in [-0.1, -0.05) is 5.16 Å². The molecule has 0 aliphatic heterocycles. The summed E-state index contributed by atoms with van der Waals surface area (Å²) in [4.78, 5) is 15.5. The molecule has 0 unspecified atom stereocenters. The van der Waals surface area contributed by atoms with Crippen molar-refractivity contribution >= 4 is 5.91 Å². The van der Waals surface area contributed by atoms with Crippen LogP contribution in [0.5, 0.6) is 11.5 Å². The van der Waals surface area contributed by atoms with Gasteiger partial charge >= 0.3 is 0 Å². The van der Waals surface area contributed by atoms with Crippen molar-refractivity contribution in [2.75, 3.05) is 21.3 Å². The third-order valence-corrected chi connectivity index (χ3v) is 3.18. The second-order valence-electron chi connectivity index (χ2n) is 4.61. The van der Waals surface area contributed by atoms with Crippen LogP contribution in [-0.2, 0) is 11.2 Å². The molecule has 0 radical (unpaired) electrons. The van der Waals surface area contributed by atoms with Crippen LogP contribution in [0.2, 0.25) is 0 Å². The van der Waals surface area contributed by atoms with Gasteiger partial charge in [-0.25, -0.2) is 0 Å². The number of ether oxygens (including phenoxy) is 2. The molecule has 7 nitrogen and oxygen atoms in total. The van der Waals surface area contributed by atoms with E-state index in [0.717, 1.165) is 5.56 Å². The van der Waals surface area contributed by atoms with Crippen molar-refractivity contribution in [2.45, 2.75) is 19.3 Å². The molecule has 0 saturated heterocycles. The molecular formula is C15H19N3O4. The Morgan fingerprint density at radius 3 is 2.73 bits per heavy atom. The SMILES string of the molecule is CNC(=O)CCCc1nc(-c2ccc(OC)c(OC)c2)no1. The van der Waals surface area contributed by atoms with Crippen LogP contribution in [0.15, 0.2) is 22.7 Å². The molecule has 0 bridgehead atoms. The van der Waals surface area contributed by atoms with Gasteiger partial charge in [0.2, 0.25) is 17.6 Å². The Labute approximate surface area is 128 Å². The Balaban J connectivity index is 2.06. The second kappa shape index (κ2) is 7.44. The monoisotopic (exact) mass is 305 g/mol. The fourth-order valence-electron chi connectivity index (χ4n) is 1.97. The van der Waals surface area contributed by atoms with Crippen molar-refractivity contribution in [3.8, 4) is 22.9 Å². The van der Waals surface area contributed by atoms with E-state index < -0.39 is 0 Å². The molecule has 7 heteroatoms. The number of carbonyl (C=O) groups is 1. The van der Waals surface area contributed by atoms with Crippen LogP contribution in [-0.4, -0.2) is 37.3 Å². The van der Waals surface area contributed by atoms with Gasteiger partial charge in [0.05, 0.1) is 14.2 Å². The van der Waals surface area contributed by atoms with Crippen LogP contribution in [0.25, 0.3) is 11.4 Å². The Morgan fingerprint density at radius 1 is 1.27 bits per heavy atom. The van der Waals surface area contributed by atoms with Gasteiger partial charge in [-0.15, -0.1) is 0 Å². The van der Waals surface area contributed by atoms with Gasteiger partial charge in [0, 0.05) is 25.5 Å². The second-order valence-corrected chi connectivity index (χ2v) is 4.61. The van der Waals surface area contributed by atoms with Gasteiger partial charge in [0.1, 0.15) is 0 Å². The quantitative estimate of drug-likeness (QED) is 0.839. The molecule has 0 atom stereocenters. The number of rotatable bonds is 7. The van der Waals surface area contributed by atoms with Gasteiger partial charge in [0.25, 0.3) is 0 Å². The predicted molar refractivity (Wildman–Crippen MR) is 79.8 cm³/mol. The van der Waals surface area contributed by atoms with Gasteiger partial charge in [-0.2, -0.15) is 4.98 Å². The lowest BCUT2D eigenvalue weighted by Crippen LogP contribution is -2.17. The largest absolute Gasteiger partial charge is 0.493 e. The standard InChI is InChI=1S/C15H19N3O4/c1-16-13(19)5-4-6-14-17-15(18-22-14)10-7-8-11(20-2)12(9-10)21-3/h7-9H,4-6H2,1-3H3,(H,16,19). The number of benzene rings is 1. The smallest absolute Gasteiger partial charge is 0.226 e. The highest BCUT2D eigenvalue weighted by Crippen LogP contribution is 2.31. The summed E-state index contributed by atoms with van der Waals surface area (Å²) in [6, 6.07) is 5.41. The fourth-order valence-corrected chi connectivity index (χ4v) is 1.97. The third-order valence-electron chi connectivity index (χ3n) is 3.18. The molecule has 0 saturated carbocycles. The molecule has 1 aromatic heterocycles. The summed E-state index contributed by atoms with van der Waals surface area (Å²) in [5, 5.41) is 6.53. The summed E-state index contributed by atoms with van der Waals surface area (Å²) in [7, 11) is 4.77. The molecule has 0 aliphatic rings. The zero-order valence-corrected chi connectivity index (χ0v) is 12.9. The number of nitrogens with zero attached hydrogens (tertiary/aromatic N) is 2. The molecule has 1 amide bonds. The molecule has 0 fully saturated rings. The molecule has 0 spiro atoms. The van der Waals surface area contributed by atoms with Gasteiger partial charge in [0.15, 0.2) is 11.5 Å². The van der Waals surface area contributed by atoms with E-state index in [4.69, 9.17) is 14.0 Å². The number of methoxy groups -OCH3 is 2. The van der Waals surface area contributed by atoms with Crippen molar-refractivity contribution in [3.05, 3.63) is 24.1 Å². The maximum atomic E-state index is 11.2. The summed E-state index contributed by atoms with van der Waals surface area (Å²) in [5.74, 6) is 2.23. The first-order valence-corrected chi connectivity index (χ1v) is 6.93. The first-order chi connectivity index (χ1) is 10.7. The van der Waals surface area contributed by atoms with E-state index in [1.165, 1.54) is 0 Å². The number of hydrogen-bond acceptors (Lipinski definition) is 6. The van der Waals surface area contributed by atoms with E-state index in [0.29, 0.717) is 42.5 Å². The van der Waals surface area contributed by atoms with E-state index >= 15 is 0 Å². The van der Waals surface area contributed by atoms with Crippen molar-refractivity contribution in [1.29, 1.82) is 0 Å². The summed E-state index contributed by atoms with van der Waals surface area (Å²) in [6.45, 7) is 0. The number of aryl methyl sites for hydroxylation is 1. The Bertz CT molecular complexity index is 639. The van der Waals surface area contributed by atoms with Crippen molar-refractivity contribution in [1.82, 2.24) is 15.5 Å². The Hall–Kier alpha value is -2.57.